The van der Waals surface area contributed by atoms with Crippen molar-refractivity contribution in [3.63, 3.8) is 0 Å². The number of rotatable bonds is 3. The molecule has 19 heavy (non-hydrogen) atoms. The Morgan fingerprint density at radius 1 is 1.21 bits per heavy atom. The third kappa shape index (κ3) is 2.61. The fourth-order valence-corrected chi connectivity index (χ4v) is 2.07. The first-order chi connectivity index (χ1) is 9.00. The van der Waals surface area contributed by atoms with Gasteiger partial charge in [0, 0.05) is 0 Å². The Balaban J connectivity index is 2.50. The minimum atomic E-state index is -0.814. The molecule has 5 nitrogen and oxygen atoms in total. The van der Waals surface area contributed by atoms with Crippen LogP contribution in [0.25, 0.3) is 0 Å². The van der Waals surface area contributed by atoms with Crippen molar-refractivity contribution in [2.75, 3.05) is 0 Å². The second-order valence-electron chi connectivity index (χ2n) is 3.99. The summed E-state index contributed by atoms with van der Waals surface area (Å²) in [6, 6.07) is 10.4. The summed E-state index contributed by atoms with van der Waals surface area (Å²) in [4.78, 5) is 10.0. The summed E-state index contributed by atoms with van der Waals surface area (Å²) in [5.41, 5.74) is 0.603. The Hall–Kier alpha value is -2.27. The third-order valence-electron chi connectivity index (χ3n) is 2.69. The van der Waals surface area contributed by atoms with E-state index in [9.17, 15) is 20.3 Å². The zero-order valence-electron chi connectivity index (χ0n) is 9.71. The molecular formula is C13H10ClNO4. The molecule has 0 saturated carbocycles. The van der Waals surface area contributed by atoms with Crippen LogP contribution in [0.4, 0.5) is 5.69 Å². The van der Waals surface area contributed by atoms with Crippen LogP contribution in [0.2, 0.25) is 5.02 Å². The maximum Gasteiger partial charge on any atom is 0.333 e. The van der Waals surface area contributed by atoms with Gasteiger partial charge >= 0.3 is 5.69 Å². The highest BCUT2D eigenvalue weighted by Crippen LogP contribution is 2.43. The number of halogens is 1. The van der Waals surface area contributed by atoms with Gasteiger partial charge in [-0.1, -0.05) is 41.9 Å². The largest absolute Gasteiger partial charge is 0.504 e. The highest BCUT2D eigenvalue weighted by atomic mass is 35.5. The van der Waals surface area contributed by atoms with Crippen LogP contribution >= 0.6 is 11.6 Å². The van der Waals surface area contributed by atoms with Crippen LogP contribution in [0.15, 0.2) is 36.4 Å². The summed E-state index contributed by atoms with van der Waals surface area (Å²) < 4.78 is 0. The van der Waals surface area contributed by atoms with Crippen molar-refractivity contribution in [1.82, 2.24) is 0 Å². The number of phenols is 2. The molecule has 0 aliphatic heterocycles. The van der Waals surface area contributed by atoms with Crippen molar-refractivity contribution in [3.8, 4) is 11.5 Å². The lowest BCUT2D eigenvalue weighted by molar-refractivity contribution is -0.385. The normalized spacial score (nSPS) is 10.4. The van der Waals surface area contributed by atoms with Gasteiger partial charge in [0.15, 0.2) is 5.75 Å². The molecule has 2 aromatic carbocycles. The fraction of sp³-hybridized carbons (Fsp3) is 0.0769. The molecule has 98 valence electrons. The number of phenolic OH excluding ortho intramolecular Hbond substituents is 2. The molecule has 0 amide bonds. The van der Waals surface area contributed by atoms with E-state index in [1.54, 1.807) is 0 Å². The van der Waals surface area contributed by atoms with Gasteiger partial charge < -0.3 is 10.2 Å². The molecular weight excluding hydrogens is 270 g/mol. The van der Waals surface area contributed by atoms with Gasteiger partial charge in [-0.15, -0.1) is 0 Å². The average Bonchev–Trinajstić information content (AvgIpc) is 2.37. The standard InChI is InChI=1S/C13H10ClNO4/c14-11-9(6-8-4-2-1-3-5-8)7-10(16)13(17)12(11)15(18)19/h1-5,7,16-17H,6H2. The second-order valence-corrected chi connectivity index (χ2v) is 4.36. The minimum Gasteiger partial charge on any atom is -0.504 e. The first-order valence-corrected chi connectivity index (χ1v) is 5.80. The van der Waals surface area contributed by atoms with Crippen molar-refractivity contribution in [1.29, 1.82) is 0 Å². The minimum absolute atomic E-state index is 0.163. The van der Waals surface area contributed by atoms with E-state index in [-0.39, 0.29) is 5.02 Å². The molecule has 0 unspecified atom stereocenters. The van der Waals surface area contributed by atoms with Crippen molar-refractivity contribution in [3.05, 3.63) is 62.7 Å². The van der Waals surface area contributed by atoms with Gasteiger partial charge in [0.2, 0.25) is 5.75 Å². The van der Waals surface area contributed by atoms with Gasteiger partial charge in [-0.3, -0.25) is 10.1 Å². The molecule has 0 aromatic heterocycles. The van der Waals surface area contributed by atoms with E-state index >= 15 is 0 Å². The Morgan fingerprint density at radius 2 is 1.84 bits per heavy atom. The van der Waals surface area contributed by atoms with Crippen LogP contribution in [0.3, 0.4) is 0 Å². The fourth-order valence-electron chi connectivity index (χ4n) is 1.79. The number of aromatic hydroxyl groups is 2. The predicted molar refractivity (Wildman–Crippen MR) is 70.7 cm³/mol. The average molecular weight is 280 g/mol. The van der Waals surface area contributed by atoms with E-state index in [1.807, 2.05) is 30.3 Å². The topological polar surface area (TPSA) is 83.6 Å². The monoisotopic (exact) mass is 279 g/mol. The number of nitro groups is 1. The van der Waals surface area contributed by atoms with E-state index in [0.29, 0.717) is 12.0 Å². The van der Waals surface area contributed by atoms with E-state index in [4.69, 9.17) is 11.6 Å². The molecule has 2 rings (SSSR count). The Labute approximate surface area is 113 Å². The van der Waals surface area contributed by atoms with Gasteiger partial charge in [-0.05, 0) is 23.6 Å². The molecule has 0 saturated heterocycles. The zero-order valence-corrected chi connectivity index (χ0v) is 10.5. The SMILES string of the molecule is O=[N+]([O-])c1c(O)c(O)cc(Cc2ccccc2)c1Cl. The predicted octanol–water partition coefficient (Wildman–Crippen LogP) is 3.25. The molecule has 0 atom stereocenters. The van der Waals surface area contributed by atoms with E-state index in [0.717, 1.165) is 5.56 Å². The molecule has 2 aromatic rings. The lowest BCUT2D eigenvalue weighted by Crippen LogP contribution is -1.96. The highest BCUT2D eigenvalue weighted by Gasteiger charge is 2.25. The number of nitrogens with zero attached hydrogens (tertiary/aromatic N) is 1. The maximum atomic E-state index is 10.8. The number of hydrogen-bond acceptors (Lipinski definition) is 4. The Kier molecular flexibility index (Phi) is 3.57. The van der Waals surface area contributed by atoms with E-state index in [2.05, 4.69) is 0 Å². The summed E-state index contributed by atoms with van der Waals surface area (Å²) in [7, 11) is 0. The zero-order chi connectivity index (χ0) is 14.0. The van der Waals surface area contributed by atoms with Gasteiger partial charge in [0.25, 0.3) is 0 Å². The molecule has 0 radical (unpaired) electrons. The molecule has 0 spiro atoms. The van der Waals surface area contributed by atoms with Crippen LogP contribution in [0.1, 0.15) is 11.1 Å². The molecule has 0 aliphatic carbocycles. The molecule has 6 heteroatoms. The first-order valence-electron chi connectivity index (χ1n) is 5.42. The van der Waals surface area contributed by atoms with Crippen LogP contribution in [0, 0.1) is 10.1 Å². The van der Waals surface area contributed by atoms with E-state index < -0.39 is 22.1 Å². The molecule has 0 bridgehead atoms. The summed E-state index contributed by atoms with van der Waals surface area (Å²) in [6.07, 6.45) is 0.328. The van der Waals surface area contributed by atoms with Gasteiger partial charge in [-0.2, -0.15) is 0 Å². The number of nitro benzene ring substituents is 1. The molecule has 0 aliphatic rings. The lowest BCUT2D eigenvalue weighted by atomic mass is 10.0. The Morgan fingerprint density at radius 3 is 2.42 bits per heavy atom. The lowest BCUT2D eigenvalue weighted by Gasteiger charge is -2.08. The molecule has 0 heterocycles. The summed E-state index contributed by atoms with van der Waals surface area (Å²) in [6.45, 7) is 0. The van der Waals surface area contributed by atoms with Crippen LogP contribution < -0.4 is 0 Å². The van der Waals surface area contributed by atoms with E-state index in [1.165, 1.54) is 6.07 Å². The van der Waals surface area contributed by atoms with Gasteiger partial charge in [0.1, 0.15) is 5.02 Å². The maximum absolute atomic E-state index is 10.8. The van der Waals surface area contributed by atoms with Crippen molar-refractivity contribution < 1.29 is 15.1 Å². The molecule has 2 N–H and O–H groups in total. The quantitative estimate of drug-likeness (QED) is 0.513. The summed E-state index contributed by atoms with van der Waals surface area (Å²) in [5.74, 6) is -1.37. The number of benzene rings is 2. The van der Waals surface area contributed by atoms with Gasteiger partial charge in [0.05, 0.1) is 4.92 Å². The van der Waals surface area contributed by atoms with Gasteiger partial charge in [-0.25, -0.2) is 0 Å². The molecule has 0 fully saturated rings. The third-order valence-corrected chi connectivity index (χ3v) is 3.11. The number of hydrogen-bond donors (Lipinski definition) is 2. The van der Waals surface area contributed by atoms with Crippen molar-refractivity contribution in [2.45, 2.75) is 6.42 Å². The second kappa shape index (κ2) is 5.16. The smallest absolute Gasteiger partial charge is 0.333 e. The van der Waals surface area contributed by atoms with Crippen molar-refractivity contribution >= 4 is 17.3 Å². The Bertz CT molecular complexity index is 628. The van der Waals surface area contributed by atoms with Crippen LogP contribution in [-0.2, 0) is 6.42 Å². The highest BCUT2D eigenvalue weighted by molar-refractivity contribution is 6.33. The van der Waals surface area contributed by atoms with Crippen LogP contribution in [0.5, 0.6) is 11.5 Å². The first kappa shape index (κ1) is 13.2. The van der Waals surface area contributed by atoms with Crippen LogP contribution in [-0.4, -0.2) is 15.1 Å². The summed E-state index contributed by atoms with van der Waals surface area (Å²) >= 11 is 5.92. The summed E-state index contributed by atoms with van der Waals surface area (Å²) in [5, 5.41) is 29.7. The van der Waals surface area contributed by atoms with Crippen molar-refractivity contribution in [2.24, 2.45) is 0 Å².